The Hall–Kier alpha value is -1.87. The highest BCUT2D eigenvalue weighted by Gasteiger charge is 2.11. The van der Waals surface area contributed by atoms with E-state index in [2.05, 4.69) is 20.9 Å². The van der Waals surface area contributed by atoms with Gasteiger partial charge in [0, 0.05) is 32.0 Å². The van der Waals surface area contributed by atoms with Crippen molar-refractivity contribution in [3.05, 3.63) is 0 Å². The van der Waals surface area contributed by atoms with Crippen molar-refractivity contribution in [2.75, 3.05) is 32.7 Å². The Morgan fingerprint density at radius 2 is 1.57 bits per heavy atom. The Bertz CT molecular complexity index is 440. The van der Waals surface area contributed by atoms with Crippen LogP contribution in [0.2, 0.25) is 0 Å². The van der Waals surface area contributed by atoms with Gasteiger partial charge in [0.05, 0.1) is 0 Å². The average Bonchev–Trinajstić information content (AvgIpc) is 2.62. The van der Waals surface area contributed by atoms with E-state index in [-0.39, 0.29) is 23.8 Å². The first-order chi connectivity index (χ1) is 13.5. The third kappa shape index (κ3) is 18.9. The zero-order valence-corrected chi connectivity index (χ0v) is 17.5. The average molecular weight is 400 g/mol. The minimum atomic E-state index is -0.160. The molecule has 0 saturated heterocycles. The monoisotopic (exact) mass is 399 g/mol. The molecule has 9 heteroatoms. The fourth-order valence-electron chi connectivity index (χ4n) is 2.66. The van der Waals surface area contributed by atoms with Crippen LogP contribution in [0.4, 0.5) is 0 Å². The normalized spacial score (nSPS) is 11.6. The van der Waals surface area contributed by atoms with E-state index in [1.165, 1.54) is 0 Å². The molecule has 0 aliphatic carbocycles. The summed E-state index contributed by atoms with van der Waals surface area (Å²) in [6.45, 7) is 5.74. The summed E-state index contributed by atoms with van der Waals surface area (Å²) < 4.78 is 0. The molecule has 0 aromatic heterocycles. The number of nitrogens with two attached hydrogens (primary N) is 3. The van der Waals surface area contributed by atoms with Gasteiger partial charge in [-0.05, 0) is 58.7 Å². The third-order valence-corrected chi connectivity index (χ3v) is 4.17. The van der Waals surface area contributed by atoms with Gasteiger partial charge in [0.1, 0.15) is 0 Å². The van der Waals surface area contributed by atoms with Crippen LogP contribution in [0.5, 0.6) is 0 Å². The molecule has 0 rings (SSSR count). The van der Waals surface area contributed by atoms with Crippen molar-refractivity contribution >= 4 is 17.8 Å². The summed E-state index contributed by atoms with van der Waals surface area (Å²) in [5, 5.41) is 9.09. The first-order valence-corrected chi connectivity index (χ1v) is 10.5. The van der Waals surface area contributed by atoms with Crippen molar-refractivity contribution in [1.82, 2.24) is 16.0 Å². The summed E-state index contributed by atoms with van der Waals surface area (Å²) in [5.41, 5.74) is 15.9. The number of aliphatic imine (C=N–C) groups is 1. The molecule has 2 amide bonds. The van der Waals surface area contributed by atoms with Crippen LogP contribution in [0.25, 0.3) is 0 Å². The Kier molecular flexibility index (Phi) is 17.3. The van der Waals surface area contributed by atoms with Crippen LogP contribution in [0.3, 0.4) is 0 Å². The van der Waals surface area contributed by atoms with Gasteiger partial charge < -0.3 is 33.2 Å². The maximum absolute atomic E-state index is 11.9. The lowest BCUT2D eigenvalue weighted by Gasteiger charge is -2.14. The summed E-state index contributed by atoms with van der Waals surface area (Å²) in [6.07, 6.45) is 7.41. The van der Waals surface area contributed by atoms with Crippen molar-refractivity contribution in [3.8, 4) is 0 Å². The first-order valence-electron chi connectivity index (χ1n) is 10.5. The number of amides is 2. The molecule has 0 aliphatic heterocycles. The second kappa shape index (κ2) is 18.5. The lowest BCUT2D eigenvalue weighted by atomic mass is 10.1. The Balaban J connectivity index is 3.56. The van der Waals surface area contributed by atoms with Gasteiger partial charge in [0.2, 0.25) is 11.8 Å². The lowest BCUT2D eigenvalue weighted by Crippen LogP contribution is -2.37. The number of carbonyl (C=O) groups excluding carboxylic acids is 2. The topological polar surface area (TPSA) is 161 Å². The molecule has 0 spiro atoms. The highest BCUT2D eigenvalue weighted by atomic mass is 16.2. The van der Waals surface area contributed by atoms with Crippen molar-refractivity contribution in [2.24, 2.45) is 22.2 Å². The number of nitrogens with zero attached hydrogens (tertiary/aromatic N) is 1. The summed E-state index contributed by atoms with van der Waals surface area (Å²) in [5.74, 6) is 0.0874. The Morgan fingerprint density at radius 1 is 0.893 bits per heavy atom. The quantitative estimate of drug-likeness (QED) is 0.107. The highest BCUT2D eigenvalue weighted by molar-refractivity contribution is 5.79. The fraction of sp³-hybridized carbons (Fsp3) is 0.842. The van der Waals surface area contributed by atoms with Gasteiger partial charge in [-0.3, -0.25) is 14.6 Å². The van der Waals surface area contributed by atoms with Crippen molar-refractivity contribution in [2.45, 2.75) is 70.8 Å². The van der Waals surface area contributed by atoms with Crippen LogP contribution in [0.15, 0.2) is 4.99 Å². The second-order valence-electron chi connectivity index (χ2n) is 7.09. The molecular formula is C19H41N7O2. The molecular weight excluding hydrogens is 358 g/mol. The number of hydrogen-bond donors (Lipinski definition) is 6. The molecule has 0 radical (unpaired) electrons. The molecule has 9 N–H and O–H groups in total. The molecule has 28 heavy (non-hydrogen) atoms. The van der Waals surface area contributed by atoms with E-state index < -0.39 is 0 Å². The summed E-state index contributed by atoms with van der Waals surface area (Å²) in [7, 11) is 0. The Labute approximate surface area is 169 Å². The van der Waals surface area contributed by atoms with E-state index in [0.29, 0.717) is 32.5 Å². The van der Waals surface area contributed by atoms with E-state index in [4.69, 9.17) is 17.2 Å². The minimum absolute atomic E-state index is 0.00641. The van der Waals surface area contributed by atoms with Gasteiger partial charge in [0.15, 0.2) is 5.96 Å². The van der Waals surface area contributed by atoms with Gasteiger partial charge in [-0.1, -0.05) is 12.8 Å². The number of guanidine groups is 1. The number of unbranched alkanes of at least 4 members (excludes halogenated alkanes) is 4. The van der Waals surface area contributed by atoms with E-state index in [1.807, 2.05) is 6.92 Å². The van der Waals surface area contributed by atoms with Crippen molar-refractivity contribution < 1.29 is 9.59 Å². The van der Waals surface area contributed by atoms with Crippen LogP contribution >= 0.6 is 0 Å². The summed E-state index contributed by atoms with van der Waals surface area (Å²) in [6, 6.07) is -0.160. The molecule has 9 nitrogen and oxygen atoms in total. The Morgan fingerprint density at radius 3 is 2.29 bits per heavy atom. The predicted octanol–water partition coefficient (Wildman–Crippen LogP) is -0.0601. The molecule has 0 aliphatic rings. The molecule has 0 aromatic rings. The fourth-order valence-corrected chi connectivity index (χ4v) is 2.66. The number of hydrogen-bond acceptors (Lipinski definition) is 5. The van der Waals surface area contributed by atoms with Gasteiger partial charge >= 0.3 is 0 Å². The maximum Gasteiger partial charge on any atom is 0.222 e. The van der Waals surface area contributed by atoms with Gasteiger partial charge in [0.25, 0.3) is 0 Å². The zero-order valence-electron chi connectivity index (χ0n) is 17.5. The second-order valence-corrected chi connectivity index (χ2v) is 7.09. The van der Waals surface area contributed by atoms with Gasteiger partial charge in [-0.15, -0.1) is 0 Å². The standard InChI is InChI=1S/C19H41N7O2/c1-16(15-18(28)24-13-7-6-11-23-12-8-10-20)26-17(27)9-4-2-3-5-14-25-19(21)22/h16,23H,2-15,20H2,1H3,(H,24,28)(H,26,27)(H4,21,22,25). The van der Waals surface area contributed by atoms with E-state index in [9.17, 15) is 9.59 Å². The van der Waals surface area contributed by atoms with Crippen LogP contribution in [0.1, 0.15) is 64.7 Å². The van der Waals surface area contributed by atoms with Crippen LogP contribution in [-0.4, -0.2) is 56.5 Å². The predicted molar refractivity (Wildman–Crippen MR) is 115 cm³/mol. The van der Waals surface area contributed by atoms with Gasteiger partial charge in [-0.25, -0.2) is 0 Å². The lowest BCUT2D eigenvalue weighted by molar-refractivity contribution is -0.123. The number of nitrogens with one attached hydrogen (secondary N) is 3. The zero-order chi connectivity index (χ0) is 21.0. The largest absolute Gasteiger partial charge is 0.370 e. The van der Waals surface area contributed by atoms with Crippen molar-refractivity contribution in [3.63, 3.8) is 0 Å². The molecule has 0 fully saturated rings. The SMILES string of the molecule is CC(CC(=O)NCCCCNCCCN)NC(=O)CCCCCCN=C(N)N. The highest BCUT2D eigenvalue weighted by Crippen LogP contribution is 2.04. The third-order valence-electron chi connectivity index (χ3n) is 4.17. The summed E-state index contributed by atoms with van der Waals surface area (Å²) >= 11 is 0. The van der Waals surface area contributed by atoms with E-state index in [1.54, 1.807) is 0 Å². The molecule has 0 aromatic carbocycles. The molecule has 164 valence electrons. The first kappa shape index (κ1) is 26.1. The minimum Gasteiger partial charge on any atom is -0.370 e. The van der Waals surface area contributed by atoms with Crippen LogP contribution < -0.4 is 33.2 Å². The van der Waals surface area contributed by atoms with Gasteiger partial charge in [-0.2, -0.15) is 0 Å². The van der Waals surface area contributed by atoms with E-state index in [0.717, 1.165) is 58.0 Å². The molecule has 1 atom stereocenters. The molecule has 0 saturated carbocycles. The van der Waals surface area contributed by atoms with Crippen LogP contribution in [0, 0.1) is 0 Å². The molecule has 0 heterocycles. The molecule has 1 unspecified atom stereocenters. The maximum atomic E-state index is 11.9. The van der Waals surface area contributed by atoms with Crippen LogP contribution in [-0.2, 0) is 9.59 Å². The summed E-state index contributed by atoms with van der Waals surface area (Å²) in [4.78, 5) is 27.7. The van der Waals surface area contributed by atoms with E-state index >= 15 is 0 Å². The number of carbonyl (C=O) groups is 2. The molecule has 0 bridgehead atoms. The number of rotatable bonds is 18. The van der Waals surface area contributed by atoms with Crippen molar-refractivity contribution in [1.29, 1.82) is 0 Å². The smallest absolute Gasteiger partial charge is 0.222 e.